The molecule has 0 unspecified atom stereocenters. The molecule has 0 spiro atoms. The molecule has 4 heteroatoms. The van der Waals surface area contributed by atoms with Gasteiger partial charge in [0.15, 0.2) is 0 Å². The largest absolute Gasteiger partial charge is 0.447 e. The molecule has 4 nitrogen and oxygen atoms in total. The lowest BCUT2D eigenvalue weighted by Crippen LogP contribution is -2.30. The van der Waals surface area contributed by atoms with Crippen LogP contribution in [0.5, 0.6) is 0 Å². The van der Waals surface area contributed by atoms with Gasteiger partial charge in [0.25, 0.3) is 0 Å². The number of ether oxygens (including phenoxy) is 2. The van der Waals surface area contributed by atoms with Gasteiger partial charge in [-0.25, -0.2) is 4.79 Å². The number of hydrogen-bond acceptors (Lipinski definition) is 3. The van der Waals surface area contributed by atoms with Crippen LogP contribution in [0.4, 0.5) is 4.79 Å². The van der Waals surface area contributed by atoms with E-state index in [4.69, 9.17) is 4.74 Å². The fourth-order valence-electron chi connectivity index (χ4n) is 0.717. The molecule has 0 aromatic carbocycles. The normalized spacial score (nSPS) is 25.4. The van der Waals surface area contributed by atoms with Crippen LogP contribution in [0.1, 0.15) is 0 Å². The SMILES string of the molecule is COC[C@H]1COC(=O)N1. The lowest BCUT2D eigenvalue weighted by atomic mass is 10.4. The number of methoxy groups -OCH3 is 1. The monoisotopic (exact) mass is 131 g/mol. The van der Waals surface area contributed by atoms with Gasteiger partial charge in [-0.1, -0.05) is 0 Å². The maximum absolute atomic E-state index is 10.3. The van der Waals surface area contributed by atoms with Gasteiger partial charge in [0.2, 0.25) is 0 Å². The molecular formula is C5H9NO3. The molecule has 0 bridgehead atoms. The van der Waals surface area contributed by atoms with E-state index in [1.807, 2.05) is 0 Å². The number of carbonyl (C=O) groups is 1. The predicted octanol–water partition coefficient (Wildman–Crippen LogP) is -0.259. The smallest absolute Gasteiger partial charge is 0.407 e. The predicted molar refractivity (Wildman–Crippen MR) is 30.1 cm³/mol. The van der Waals surface area contributed by atoms with Crippen molar-refractivity contribution >= 4 is 6.09 Å². The third kappa shape index (κ3) is 1.57. The molecule has 1 heterocycles. The van der Waals surface area contributed by atoms with Gasteiger partial charge in [0.05, 0.1) is 12.6 Å². The van der Waals surface area contributed by atoms with Gasteiger partial charge >= 0.3 is 6.09 Å². The van der Waals surface area contributed by atoms with Crippen LogP contribution in [0.3, 0.4) is 0 Å². The zero-order chi connectivity index (χ0) is 6.69. The molecule has 1 aliphatic rings. The number of amides is 1. The summed E-state index contributed by atoms with van der Waals surface area (Å²) >= 11 is 0. The Hall–Kier alpha value is -0.770. The summed E-state index contributed by atoms with van der Waals surface area (Å²) in [5.74, 6) is 0. The highest BCUT2D eigenvalue weighted by molar-refractivity contribution is 5.69. The maximum atomic E-state index is 10.3. The third-order valence-electron chi connectivity index (χ3n) is 1.11. The molecule has 1 aliphatic heterocycles. The Morgan fingerprint density at radius 2 is 2.78 bits per heavy atom. The second kappa shape index (κ2) is 2.68. The van der Waals surface area contributed by atoms with Crippen molar-refractivity contribution < 1.29 is 14.3 Å². The summed E-state index contributed by atoms with van der Waals surface area (Å²) in [5, 5.41) is 2.57. The van der Waals surface area contributed by atoms with E-state index in [9.17, 15) is 4.79 Å². The standard InChI is InChI=1S/C5H9NO3/c1-8-2-4-3-9-5(7)6-4/h4H,2-3H2,1H3,(H,6,7)/t4-/m0/s1. The van der Waals surface area contributed by atoms with Crippen molar-refractivity contribution in [3.8, 4) is 0 Å². The molecule has 0 aromatic rings. The minimum Gasteiger partial charge on any atom is -0.447 e. The van der Waals surface area contributed by atoms with Gasteiger partial charge < -0.3 is 14.8 Å². The molecule has 0 aliphatic carbocycles. The first kappa shape index (κ1) is 6.35. The molecule has 0 radical (unpaired) electrons. The molecule has 9 heavy (non-hydrogen) atoms. The topological polar surface area (TPSA) is 47.6 Å². The van der Waals surface area contributed by atoms with Crippen LogP contribution in [0.2, 0.25) is 0 Å². The average molecular weight is 131 g/mol. The van der Waals surface area contributed by atoms with Crippen LogP contribution in [0.15, 0.2) is 0 Å². The van der Waals surface area contributed by atoms with Gasteiger partial charge in [-0.2, -0.15) is 0 Å². The Bertz CT molecular complexity index is 115. The summed E-state index contributed by atoms with van der Waals surface area (Å²) in [5.41, 5.74) is 0. The van der Waals surface area contributed by atoms with Crippen LogP contribution >= 0.6 is 0 Å². The number of alkyl carbamates (subject to hydrolysis) is 1. The number of cyclic esters (lactones) is 1. The van der Waals surface area contributed by atoms with E-state index in [2.05, 4.69) is 10.1 Å². The van der Waals surface area contributed by atoms with Gasteiger partial charge in [-0.3, -0.25) is 0 Å². The number of rotatable bonds is 2. The lowest BCUT2D eigenvalue weighted by Gasteiger charge is -2.02. The molecule has 1 N–H and O–H groups in total. The fraction of sp³-hybridized carbons (Fsp3) is 0.800. The highest BCUT2D eigenvalue weighted by atomic mass is 16.6. The van der Waals surface area contributed by atoms with Gasteiger partial charge in [0.1, 0.15) is 6.61 Å². The van der Waals surface area contributed by atoms with Crippen molar-refractivity contribution in [1.29, 1.82) is 0 Å². The van der Waals surface area contributed by atoms with Crippen molar-refractivity contribution in [1.82, 2.24) is 5.32 Å². The Morgan fingerprint density at radius 1 is 2.00 bits per heavy atom. The maximum Gasteiger partial charge on any atom is 0.407 e. The second-order valence-corrected chi connectivity index (χ2v) is 1.90. The van der Waals surface area contributed by atoms with Crippen LogP contribution in [-0.4, -0.2) is 32.5 Å². The van der Waals surface area contributed by atoms with Gasteiger partial charge in [-0.15, -0.1) is 0 Å². The summed E-state index contributed by atoms with van der Waals surface area (Å²) in [6, 6.07) is 0.0440. The number of carbonyl (C=O) groups excluding carboxylic acids is 1. The van der Waals surface area contributed by atoms with Crippen molar-refractivity contribution in [2.75, 3.05) is 20.3 Å². The highest BCUT2D eigenvalue weighted by Crippen LogP contribution is 1.96. The second-order valence-electron chi connectivity index (χ2n) is 1.90. The summed E-state index contributed by atoms with van der Waals surface area (Å²) in [6.45, 7) is 0.943. The molecule has 1 amide bonds. The molecule has 52 valence electrons. The van der Waals surface area contributed by atoms with E-state index in [1.165, 1.54) is 0 Å². The minimum atomic E-state index is -0.350. The fourth-order valence-corrected chi connectivity index (χ4v) is 0.717. The third-order valence-corrected chi connectivity index (χ3v) is 1.11. The van der Waals surface area contributed by atoms with E-state index < -0.39 is 0 Å². The van der Waals surface area contributed by atoms with Crippen LogP contribution in [0, 0.1) is 0 Å². The first-order valence-electron chi connectivity index (χ1n) is 2.75. The Morgan fingerprint density at radius 3 is 3.22 bits per heavy atom. The van der Waals surface area contributed by atoms with Crippen molar-refractivity contribution in [3.05, 3.63) is 0 Å². The van der Waals surface area contributed by atoms with Crippen molar-refractivity contribution in [2.24, 2.45) is 0 Å². The van der Waals surface area contributed by atoms with E-state index in [-0.39, 0.29) is 12.1 Å². The van der Waals surface area contributed by atoms with E-state index >= 15 is 0 Å². The van der Waals surface area contributed by atoms with Crippen LogP contribution in [-0.2, 0) is 9.47 Å². The number of nitrogens with one attached hydrogen (secondary N) is 1. The zero-order valence-corrected chi connectivity index (χ0v) is 5.22. The Labute approximate surface area is 53.1 Å². The summed E-state index contributed by atoms with van der Waals surface area (Å²) in [4.78, 5) is 10.3. The summed E-state index contributed by atoms with van der Waals surface area (Å²) < 4.78 is 9.37. The Kier molecular flexibility index (Phi) is 1.89. The molecule has 0 saturated carbocycles. The summed E-state index contributed by atoms with van der Waals surface area (Å²) in [6.07, 6.45) is -0.350. The molecule has 1 saturated heterocycles. The highest BCUT2D eigenvalue weighted by Gasteiger charge is 2.21. The Balaban J connectivity index is 2.22. The first-order valence-corrected chi connectivity index (χ1v) is 2.75. The van der Waals surface area contributed by atoms with E-state index in [0.717, 1.165) is 0 Å². The molecule has 1 rings (SSSR count). The minimum absolute atomic E-state index is 0.0440. The zero-order valence-electron chi connectivity index (χ0n) is 5.22. The average Bonchev–Trinajstić information content (AvgIpc) is 2.17. The van der Waals surface area contributed by atoms with E-state index in [1.54, 1.807) is 7.11 Å². The van der Waals surface area contributed by atoms with Crippen LogP contribution in [0.25, 0.3) is 0 Å². The lowest BCUT2D eigenvalue weighted by molar-refractivity contribution is 0.156. The first-order chi connectivity index (χ1) is 4.33. The number of hydrogen-bond donors (Lipinski definition) is 1. The van der Waals surface area contributed by atoms with Crippen molar-refractivity contribution in [3.63, 3.8) is 0 Å². The molecular weight excluding hydrogens is 122 g/mol. The molecule has 1 fully saturated rings. The molecule has 0 aromatic heterocycles. The van der Waals surface area contributed by atoms with Gasteiger partial charge in [-0.05, 0) is 0 Å². The van der Waals surface area contributed by atoms with Crippen molar-refractivity contribution in [2.45, 2.75) is 6.04 Å². The van der Waals surface area contributed by atoms with Crippen LogP contribution < -0.4 is 5.32 Å². The quantitative estimate of drug-likeness (QED) is 0.561. The van der Waals surface area contributed by atoms with Gasteiger partial charge in [0, 0.05) is 7.11 Å². The van der Waals surface area contributed by atoms with E-state index in [0.29, 0.717) is 13.2 Å². The molecule has 1 atom stereocenters. The summed E-state index contributed by atoms with van der Waals surface area (Å²) in [7, 11) is 1.59.